The van der Waals surface area contributed by atoms with Crippen molar-refractivity contribution in [2.45, 2.75) is 38.5 Å². The predicted octanol–water partition coefficient (Wildman–Crippen LogP) is 3.49. The zero-order valence-corrected chi connectivity index (χ0v) is 15.5. The molecular weight excluding hydrogens is 374 g/mol. The maximum atomic E-state index is 12.4. The fourth-order valence-corrected chi connectivity index (χ4v) is 3.72. The van der Waals surface area contributed by atoms with Crippen molar-refractivity contribution in [1.82, 2.24) is 4.90 Å². The quantitative estimate of drug-likeness (QED) is 0.764. The number of carboxylic acids is 1. The summed E-state index contributed by atoms with van der Waals surface area (Å²) in [5.41, 5.74) is 1.09. The molecule has 132 valence electrons. The van der Waals surface area contributed by atoms with E-state index < -0.39 is 5.97 Å². The molecule has 6 heteroatoms. The van der Waals surface area contributed by atoms with Crippen LogP contribution >= 0.6 is 15.9 Å². The van der Waals surface area contributed by atoms with E-state index in [1.54, 1.807) is 7.11 Å². The number of carboxylic acid groups (broad SMARTS) is 1. The number of methoxy groups -OCH3 is 1. The van der Waals surface area contributed by atoms with Gasteiger partial charge in [0, 0.05) is 25.9 Å². The highest BCUT2D eigenvalue weighted by atomic mass is 79.9. The molecule has 0 bridgehead atoms. The van der Waals surface area contributed by atoms with Gasteiger partial charge in [-0.3, -0.25) is 9.59 Å². The van der Waals surface area contributed by atoms with Crippen LogP contribution in [-0.4, -0.2) is 42.1 Å². The summed E-state index contributed by atoms with van der Waals surface area (Å²) in [5.74, 6) is 0.488. The van der Waals surface area contributed by atoms with E-state index in [-0.39, 0.29) is 12.3 Å². The molecular formula is C18H24BrNO4. The Morgan fingerprint density at radius 2 is 2.17 bits per heavy atom. The van der Waals surface area contributed by atoms with Crippen LogP contribution in [0.25, 0.3) is 0 Å². The van der Waals surface area contributed by atoms with Crippen molar-refractivity contribution in [1.29, 1.82) is 0 Å². The number of carbonyl (C=O) groups is 2. The molecule has 2 rings (SSSR count). The van der Waals surface area contributed by atoms with Gasteiger partial charge < -0.3 is 14.7 Å². The van der Waals surface area contributed by atoms with Crippen molar-refractivity contribution >= 4 is 27.8 Å². The molecule has 1 amide bonds. The standard InChI is InChI=1S/C18H24BrNO4/c1-24-16-7-4-13(11-15(16)19)5-8-17(21)20-10-2-3-14(12-20)6-9-18(22)23/h4,7,11,14H,2-3,5-6,8-10,12H2,1H3,(H,22,23)/t14-/m1/s1. The second kappa shape index (κ2) is 9.06. The van der Waals surface area contributed by atoms with Gasteiger partial charge in [0.15, 0.2) is 0 Å². The summed E-state index contributed by atoms with van der Waals surface area (Å²) in [6.07, 6.45) is 3.99. The molecule has 1 atom stereocenters. The molecule has 1 N–H and O–H groups in total. The Balaban J connectivity index is 1.83. The van der Waals surface area contributed by atoms with Gasteiger partial charge in [0.2, 0.25) is 5.91 Å². The maximum Gasteiger partial charge on any atom is 0.303 e. The first-order chi connectivity index (χ1) is 11.5. The van der Waals surface area contributed by atoms with Crippen molar-refractivity contribution < 1.29 is 19.4 Å². The number of benzene rings is 1. The third kappa shape index (κ3) is 5.51. The lowest BCUT2D eigenvalue weighted by Crippen LogP contribution is -2.40. The van der Waals surface area contributed by atoms with Crippen LogP contribution in [0.5, 0.6) is 5.75 Å². The molecule has 0 spiro atoms. The van der Waals surface area contributed by atoms with Crippen molar-refractivity contribution in [3.63, 3.8) is 0 Å². The van der Waals surface area contributed by atoms with E-state index >= 15 is 0 Å². The van der Waals surface area contributed by atoms with Gasteiger partial charge in [-0.05, 0) is 65.2 Å². The topological polar surface area (TPSA) is 66.8 Å². The third-order valence-electron chi connectivity index (χ3n) is 4.48. The lowest BCUT2D eigenvalue weighted by atomic mass is 9.93. The first-order valence-electron chi connectivity index (χ1n) is 8.31. The number of ether oxygens (including phenoxy) is 1. The molecule has 24 heavy (non-hydrogen) atoms. The molecule has 0 radical (unpaired) electrons. The molecule has 0 aliphatic carbocycles. The number of carbonyl (C=O) groups excluding carboxylic acids is 1. The fourth-order valence-electron chi connectivity index (χ4n) is 3.13. The smallest absolute Gasteiger partial charge is 0.303 e. The van der Waals surface area contributed by atoms with Crippen molar-refractivity contribution in [2.24, 2.45) is 5.92 Å². The first kappa shape index (κ1) is 18.8. The molecule has 1 saturated heterocycles. The minimum Gasteiger partial charge on any atom is -0.496 e. The number of halogens is 1. The predicted molar refractivity (Wildman–Crippen MR) is 95.2 cm³/mol. The summed E-state index contributed by atoms with van der Waals surface area (Å²) in [6.45, 7) is 1.48. The number of hydrogen-bond acceptors (Lipinski definition) is 3. The van der Waals surface area contributed by atoms with E-state index in [4.69, 9.17) is 9.84 Å². The normalized spacial score (nSPS) is 17.6. The van der Waals surface area contributed by atoms with Crippen molar-refractivity contribution in [3.05, 3.63) is 28.2 Å². The largest absolute Gasteiger partial charge is 0.496 e. The molecule has 1 aromatic rings. The Morgan fingerprint density at radius 3 is 2.83 bits per heavy atom. The van der Waals surface area contributed by atoms with Gasteiger partial charge in [0.1, 0.15) is 5.75 Å². The molecule has 1 fully saturated rings. The van der Waals surface area contributed by atoms with Gasteiger partial charge in [-0.2, -0.15) is 0 Å². The van der Waals surface area contributed by atoms with Crippen LogP contribution in [-0.2, 0) is 16.0 Å². The Kier molecular flexibility index (Phi) is 7.09. The van der Waals surface area contributed by atoms with Crippen LogP contribution in [0.2, 0.25) is 0 Å². The van der Waals surface area contributed by atoms with E-state index in [2.05, 4.69) is 15.9 Å². The molecule has 0 aromatic heterocycles. The molecule has 1 aromatic carbocycles. The average Bonchev–Trinajstić information content (AvgIpc) is 2.58. The monoisotopic (exact) mass is 397 g/mol. The SMILES string of the molecule is COc1ccc(CCC(=O)N2CCC[C@H](CCC(=O)O)C2)cc1Br. The molecule has 0 saturated carbocycles. The van der Waals surface area contributed by atoms with Crippen LogP contribution in [0, 0.1) is 5.92 Å². The van der Waals surface area contributed by atoms with Crippen LogP contribution in [0.4, 0.5) is 0 Å². The Morgan fingerprint density at radius 1 is 1.38 bits per heavy atom. The lowest BCUT2D eigenvalue weighted by Gasteiger charge is -2.32. The van der Waals surface area contributed by atoms with Crippen molar-refractivity contribution in [3.8, 4) is 5.75 Å². The number of rotatable bonds is 7. The molecule has 0 unspecified atom stereocenters. The van der Waals surface area contributed by atoms with Gasteiger partial charge in [-0.15, -0.1) is 0 Å². The first-order valence-corrected chi connectivity index (χ1v) is 9.11. The minimum atomic E-state index is -0.761. The molecule has 5 nitrogen and oxygen atoms in total. The molecule has 1 aliphatic heterocycles. The number of aryl methyl sites for hydroxylation is 1. The van der Waals surface area contributed by atoms with Gasteiger partial charge >= 0.3 is 5.97 Å². The van der Waals surface area contributed by atoms with Crippen LogP contribution in [0.3, 0.4) is 0 Å². The fraction of sp³-hybridized carbons (Fsp3) is 0.556. The van der Waals surface area contributed by atoms with Crippen LogP contribution in [0.15, 0.2) is 22.7 Å². The third-order valence-corrected chi connectivity index (χ3v) is 5.10. The summed E-state index contributed by atoms with van der Waals surface area (Å²) >= 11 is 3.46. The number of aliphatic carboxylic acids is 1. The second-order valence-corrected chi connectivity index (χ2v) is 7.10. The summed E-state index contributed by atoms with van der Waals surface area (Å²) in [6, 6.07) is 5.85. The molecule has 1 aliphatic rings. The number of hydrogen-bond donors (Lipinski definition) is 1. The van der Waals surface area contributed by atoms with Gasteiger partial charge in [0.25, 0.3) is 0 Å². The van der Waals surface area contributed by atoms with E-state index in [1.165, 1.54) is 0 Å². The summed E-state index contributed by atoms with van der Waals surface area (Å²) in [4.78, 5) is 25.0. The average molecular weight is 398 g/mol. The zero-order chi connectivity index (χ0) is 17.5. The second-order valence-electron chi connectivity index (χ2n) is 6.25. The number of amides is 1. The van der Waals surface area contributed by atoms with Gasteiger partial charge in [-0.1, -0.05) is 6.07 Å². The molecule has 1 heterocycles. The lowest BCUT2D eigenvalue weighted by molar-refractivity contribution is -0.137. The summed E-state index contributed by atoms with van der Waals surface area (Å²) < 4.78 is 6.10. The Hall–Kier alpha value is -1.56. The maximum absolute atomic E-state index is 12.4. The highest BCUT2D eigenvalue weighted by molar-refractivity contribution is 9.10. The Bertz CT molecular complexity index is 590. The highest BCUT2D eigenvalue weighted by Crippen LogP contribution is 2.26. The number of likely N-dealkylation sites (tertiary alicyclic amines) is 1. The Labute approximate surface area is 151 Å². The van der Waals surface area contributed by atoms with E-state index in [0.717, 1.165) is 35.2 Å². The number of piperidine rings is 1. The zero-order valence-electron chi connectivity index (χ0n) is 14.0. The van der Waals surface area contributed by atoms with E-state index in [9.17, 15) is 9.59 Å². The summed E-state index contributed by atoms with van der Waals surface area (Å²) in [5, 5.41) is 8.80. The highest BCUT2D eigenvalue weighted by Gasteiger charge is 2.23. The van der Waals surface area contributed by atoms with Crippen LogP contribution in [0.1, 0.15) is 37.7 Å². The van der Waals surface area contributed by atoms with Crippen LogP contribution < -0.4 is 4.74 Å². The van der Waals surface area contributed by atoms with E-state index in [1.807, 2.05) is 23.1 Å². The summed E-state index contributed by atoms with van der Waals surface area (Å²) in [7, 11) is 1.63. The van der Waals surface area contributed by atoms with Crippen molar-refractivity contribution in [2.75, 3.05) is 20.2 Å². The van der Waals surface area contributed by atoms with E-state index in [0.29, 0.717) is 31.7 Å². The van der Waals surface area contributed by atoms with Gasteiger partial charge in [-0.25, -0.2) is 0 Å². The minimum absolute atomic E-state index is 0.155. The van der Waals surface area contributed by atoms with Gasteiger partial charge in [0.05, 0.1) is 11.6 Å². The number of nitrogens with zero attached hydrogens (tertiary/aromatic N) is 1.